The van der Waals surface area contributed by atoms with Crippen LogP contribution in [0.5, 0.6) is 0 Å². The van der Waals surface area contributed by atoms with Crippen molar-refractivity contribution in [3.8, 4) is 0 Å². The third kappa shape index (κ3) is 3.88. The molecule has 0 aromatic heterocycles. The van der Waals surface area contributed by atoms with Crippen LogP contribution in [0, 0.1) is 10.1 Å². The van der Waals surface area contributed by atoms with Gasteiger partial charge in [0.2, 0.25) is 0 Å². The highest BCUT2D eigenvalue weighted by Crippen LogP contribution is 2.16. The van der Waals surface area contributed by atoms with Gasteiger partial charge < -0.3 is 4.90 Å². The lowest BCUT2D eigenvalue weighted by Gasteiger charge is -2.17. The van der Waals surface area contributed by atoms with Crippen molar-refractivity contribution in [2.45, 2.75) is 6.54 Å². The van der Waals surface area contributed by atoms with E-state index in [4.69, 9.17) is 0 Å². The zero-order valence-corrected chi connectivity index (χ0v) is 12.9. The van der Waals surface area contributed by atoms with Crippen LogP contribution in [-0.2, 0) is 6.54 Å². The lowest BCUT2D eigenvalue weighted by Crippen LogP contribution is -2.26. The second-order valence-corrected chi connectivity index (χ2v) is 5.51. The predicted octanol–water partition coefficient (Wildman–Crippen LogP) is 3.63. The zero-order chi connectivity index (χ0) is 15.4. The number of nitro groups is 1. The quantitative estimate of drug-likeness (QED) is 0.625. The topological polar surface area (TPSA) is 63.5 Å². The summed E-state index contributed by atoms with van der Waals surface area (Å²) in [6.07, 6.45) is 0. The number of benzene rings is 2. The van der Waals surface area contributed by atoms with Gasteiger partial charge in [-0.05, 0) is 23.8 Å². The maximum atomic E-state index is 12.3. The molecule has 0 bridgehead atoms. The van der Waals surface area contributed by atoms with Crippen molar-refractivity contribution in [3.05, 3.63) is 74.2 Å². The summed E-state index contributed by atoms with van der Waals surface area (Å²) in [5.74, 6) is -0.249. The van der Waals surface area contributed by atoms with Gasteiger partial charge in [-0.25, -0.2) is 0 Å². The molecule has 108 valence electrons. The maximum absolute atomic E-state index is 12.3. The van der Waals surface area contributed by atoms with Gasteiger partial charge in [-0.3, -0.25) is 14.9 Å². The summed E-state index contributed by atoms with van der Waals surface area (Å²) in [6, 6.07) is 13.4. The summed E-state index contributed by atoms with van der Waals surface area (Å²) < 4.78 is 0.971. The van der Waals surface area contributed by atoms with Crippen LogP contribution < -0.4 is 0 Å². The van der Waals surface area contributed by atoms with Crippen LogP contribution >= 0.6 is 15.9 Å². The molecule has 0 saturated heterocycles. The summed E-state index contributed by atoms with van der Waals surface area (Å²) in [7, 11) is 1.67. The average Bonchev–Trinajstić information content (AvgIpc) is 2.49. The Balaban J connectivity index is 2.13. The summed E-state index contributed by atoms with van der Waals surface area (Å²) in [6.45, 7) is 0.439. The van der Waals surface area contributed by atoms with Crippen LogP contribution in [0.1, 0.15) is 15.9 Å². The molecule has 2 rings (SSSR count). The van der Waals surface area contributed by atoms with Crippen LogP contribution in [0.15, 0.2) is 53.0 Å². The molecule has 0 spiro atoms. The largest absolute Gasteiger partial charge is 0.337 e. The Morgan fingerprint density at radius 1 is 1.24 bits per heavy atom. The van der Waals surface area contributed by atoms with Gasteiger partial charge in [-0.2, -0.15) is 0 Å². The molecule has 21 heavy (non-hydrogen) atoms. The smallest absolute Gasteiger partial charge is 0.270 e. The monoisotopic (exact) mass is 348 g/mol. The molecule has 2 aromatic rings. The van der Waals surface area contributed by atoms with E-state index in [0.717, 1.165) is 10.0 Å². The molecule has 0 heterocycles. The molecule has 1 amide bonds. The highest BCUT2D eigenvalue weighted by atomic mass is 79.9. The third-order valence-corrected chi connectivity index (χ3v) is 3.51. The molecule has 0 atom stereocenters. The molecule has 0 N–H and O–H groups in total. The number of carbonyl (C=O) groups excluding carboxylic acids is 1. The van der Waals surface area contributed by atoms with Gasteiger partial charge in [0.1, 0.15) is 0 Å². The van der Waals surface area contributed by atoms with Crippen molar-refractivity contribution < 1.29 is 9.72 Å². The highest BCUT2D eigenvalue weighted by molar-refractivity contribution is 9.10. The molecule has 0 fully saturated rings. The molecule has 0 saturated carbocycles. The van der Waals surface area contributed by atoms with Crippen molar-refractivity contribution in [1.82, 2.24) is 4.90 Å². The Hall–Kier alpha value is -2.21. The third-order valence-electron chi connectivity index (χ3n) is 2.98. The van der Waals surface area contributed by atoms with Gasteiger partial charge in [0.15, 0.2) is 0 Å². The van der Waals surface area contributed by atoms with Crippen molar-refractivity contribution in [1.29, 1.82) is 0 Å². The first-order valence-corrected chi connectivity index (χ1v) is 7.01. The highest BCUT2D eigenvalue weighted by Gasteiger charge is 2.15. The Morgan fingerprint density at radius 2 is 1.90 bits per heavy atom. The number of non-ortho nitro benzene ring substituents is 1. The number of nitro benzene ring substituents is 1. The van der Waals surface area contributed by atoms with Gasteiger partial charge in [-0.1, -0.05) is 34.1 Å². The molecule has 0 radical (unpaired) electrons. The van der Waals surface area contributed by atoms with Gasteiger partial charge in [0.25, 0.3) is 11.6 Å². The van der Waals surface area contributed by atoms with E-state index in [1.165, 1.54) is 23.1 Å². The summed E-state index contributed by atoms with van der Waals surface area (Å²) in [5.41, 5.74) is 1.21. The molecule has 0 unspecified atom stereocenters. The summed E-state index contributed by atoms with van der Waals surface area (Å²) in [4.78, 5) is 24.1. The minimum atomic E-state index is -0.508. The molecule has 0 aliphatic rings. The Labute approximate surface area is 130 Å². The molecule has 0 aliphatic carbocycles. The minimum Gasteiger partial charge on any atom is -0.337 e. The van der Waals surface area contributed by atoms with Crippen LogP contribution in [0.4, 0.5) is 5.69 Å². The van der Waals surface area contributed by atoms with Crippen LogP contribution in [0.2, 0.25) is 0 Å². The summed E-state index contributed by atoms with van der Waals surface area (Å²) >= 11 is 3.35. The summed E-state index contributed by atoms with van der Waals surface area (Å²) in [5, 5.41) is 10.7. The second kappa shape index (κ2) is 6.49. The first-order chi connectivity index (χ1) is 9.97. The molecule has 6 heteroatoms. The number of hydrogen-bond acceptors (Lipinski definition) is 3. The van der Waals surface area contributed by atoms with Gasteiger partial charge in [-0.15, -0.1) is 0 Å². The molecular weight excluding hydrogens is 336 g/mol. The van der Waals surface area contributed by atoms with E-state index in [2.05, 4.69) is 15.9 Å². The normalized spacial score (nSPS) is 10.2. The fourth-order valence-corrected chi connectivity index (χ4v) is 2.17. The lowest BCUT2D eigenvalue weighted by molar-refractivity contribution is -0.384. The lowest BCUT2D eigenvalue weighted by atomic mass is 10.1. The fourth-order valence-electron chi connectivity index (χ4n) is 1.91. The first kappa shape index (κ1) is 15.2. The standard InChI is InChI=1S/C15H13BrN2O3/c1-17(10-11-5-7-13(16)8-6-11)15(19)12-3-2-4-14(9-12)18(20)21/h2-9H,10H2,1H3. The van der Waals surface area contributed by atoms with Gasteiger partial charge in [0.05, 0.1) is 4.92 Å². The van der Waals surface area contributed by atoms with E-state index in [1.54, 1.807) is 13.1 Å². The average molecular weight is 349 g/mol. The molecule has 5 nitrogen and oxygen atoms in total. The zero-order valence-electron chi connectivity index (χ0n) is 11.3. The van der Waals surface area contributed by atoms with Gasteiger partial charge >= 0.3 is 0 Å². The van der Waals surface area contributed by atoms with E-state index in [9.17, 15) is 14.9 Å². The van der Waals surface area contributed by atoms with E-state index in [-0.39, 0.29) is 11.6 Å². The first-order valence-electron chi connectivity index (χ1n) is 6.22. The maximum Gasteiger partial charge on any atom is 0.270 e. The van der Waals surface area contributed by atoms with E-state index in [0.29, 0.717) is 12.1 Å². The number of nitrogens with zero attached hydrogens (tertiary/aromatic N) is 2. The van der Waals surface area contributed by atoms with Crippen LogP contribution in [0.25, 0.3) is 0 Å². The van der Waals surface area contributed by atoms with Gasteiger partial charge in [0, 0.05) is 35.8 Å². The predicted molar refractivity (Wildman–Crippen MR) is 83.0 cm³/mol. The molecule has 2 aromatic carbocycles. The fraction of sp³-hybridized carbons (Fsp3) is 0.133. The van der Waals surface area contributed by atoms with Crippen molar-refractivity contribution >= 4 is 27.5 Å². The van der Waals surface area contributed by atoms with Crippen LogP contribution in [0.3, 0.4) is 0 Å². The number of rotatable bonds is 4. The number of carbonyl (C=O) groups is 1. The van der Waals surface area contributed by atoms with E-state index in [1.807, 2.05) is 24.3 Å². The van der Waals surface area contributed by atoms with E-state index >= 15 is 0 Å². The van der Waals surface area contributed by atoms with Crippen molar-refractivity contribution in [3.63, 3.8) is 0 Å². The van der Waals surface area contributed by atoms with E-state index < -0.39 is 4.92 Å². The Kier molecular flexibility index (Phi) is 4.70. The number of halogens is 1. The minimum absolute atomic E-state index is 0.0853. The number of amides is 1. The van der Waals surface area contributed by atoms with Crippen molar-refractivity contribution in [2.24, 2.45) is 0 Å². The number of hydrogen-bond donors (Lipinski definition) is 0. The van der Waals surface area contributed by atoms with Crippen molar-refractivity contribution in [2.75, 3.05) is 7.05 Å². The van der Waals surface area contributed by atoms with Crippen LogP contribution in [-0.4, -0.2) is 22.8 Å². The Bertz CT molecular complexity index is 671. The SMILES string of the molecule is CN(Cc1ccc(Br)cc1)C(=O)c1cccc([N+](=O)[O-])c1. The molecule has 0 aliphatic heterocycles. The molecular formula is C15H13BrN2O3. The Morgan fingerprint density at radius 3 is 2.52 bits per heavy atom. The second-order valence-electron chi connectivity index (χ2n) is 4.60.